The van der Waals surface area contributed by atoms with Crippen molar-refractivity contribution in [1.29, 1.82) is 0 Å². The van der Waals surface area contributed by atoms with E-state index in [1.807, 2.05) is 61.6 Å². The smallest absolute Gasteiger partial charge is 0.339 e. The first-order valence-corrected chi connectivity index (χ1v) is 6.58. The molecule has 0 unspecified atom stereocenters. The Labute approximate surface area is 122 Å². The maximum atomic E-state index is 11.5. The van der Waals surface area contributed by atoms with Crippen LogP contribution in [0.3, 0.4) is 0 Å². The molecule has 0 bridgehead atoms. The Morgan fingerprint density at radius 3 is 2.43 bits per heavy atom. The number of carboxylic acid groups (broad SMARTS) is 1. The first kappa shape index (κ1) is 13.1. The molecule has 1 aromatic heterocycles. The zero-order valence-electron chi connectivity index (χ0n) is 11.5. The fourth-order valence-electron chi connectivity index (χ4n) is 2.29. The molecule has 0 aliphatic rings. The second-order valence-corrected chi connectivity index (χ2v) is 4.75. The van der Waals surface area contributed by atoms with Crippen molar-refractivity contribution in [2.45, 2.75) is 0 Å². The molecule has 3 rings (SSSR count). The third-order valence-electron chi connectivity index (χ3n) is 3.40. The van der Waals surface area contributed by atoms with E-state index in [4.69, 9.17) is 0 Å². The van der Waals surface area contributed by atoms with E-state index in [2.05, 4.69) is 4.98 Å². The third kappa shape index (κ3) is 2.43. The maximum Gasteiger partial charge on any atom is 0.339 e. The van der Waals surface area contributed by atoms with Gasteiger partial charge in [-0.1, -0.05) is 36.4 Å². The lowest BCUT2D eigenvalue weighted by Gasteiger charge is -2.20. The number of pyridine rings is 1. The lowest BCUT2D eigenvalue weighted by atomic mass is 10.1. The molecule has 1 heterocycles. The highest BCUT2D eigenvalue weighted by molar-refractivity contribution is 5.99. The number of fused-ring (bicyclic) bond motifs is 1. The molecule has 0 fully saturated rings. The quantitative estimate of drug-likeness (QED) is 0.793. The Bertz CT molecular complexity index is 800. The van der Waals surface area contributed by atoms with Crippen molar-refractivity contribution in [3.8, 4) is 0 Å². The highest BCUT2D eigenvalue weighted by Crippen LogP contribution is 2.28. The fraction of sp³-hybridized carbons (Fsp3) is 0.0588. The van der Waals surface area contributed by atoms with Gasteiger partial charge in [0.05, 0.1) is 5.52 Å². The number of carboxylic acids is 1. The van der Waals surface area contributed by atoms with Gasteiger partial charge in [0, 0.05) is 18.1 Å². The summed E-state index contributed by atoms with van der Waals surface area (Å²) in [4.78, 5) is 17.8. The van der Waals surface area contributed by atoms with Gasteiger partial charge in [-0.25, -0.2) is 9.78 Å². The van der Waals surface area contributed by atoms with Crippen molar-refractivity contribution in [1.82, 2.24) is 4.98 Å². The van der Waals surface area contributed by atoms with Crippen LogP contribution in [0.25, 0.3) is 10.9 Å². The van der Waals surface area contributed by atoms with Crippen LogP contribution in [0.2, 0.25) is 0 Å². The summed E-state index contributed by atoms with van der Waals surface area (Å²) < 4.78 is 0. The summed E-state index contributed by atoms with van der Waals surface area (Å²) in [5.41, 5.74) is 1.86. The summed E-state index contributed by atoms with van der Waals surface area (Å²) in [7, 11) is 1.82. The average molecular weight is 278 g/mol. The van der Waals surface area contributed by atoms with E-state index in [0.717, 1.165) is 16.6 Å². The summed E-state index contributed by atoms with van der Waals surface area (Å²) in [6, 6.07) is 18.7. The van der Waals surface area contributed by atoms with Crippen LogP contribution in [0.4, 0.5) is 11.5 Å². The summed E-state index contributed by atoms with van der Waals surface area (Å²) in [6.45, 7) is 0. The van der Waals surface area contributed by atoms with E-state index >= 15 is 0 Å². The van der Waals surface area contributed by atoms with Gasteiger partial charge in [-0.3, -0.25) is 0 Å². The van der Waals surface area contributed by atoms with Gasteiger partial charge in [-0.15, -0.1) is 0 Å². The Balaban J connectivity index is 2.20. The second kappa shape index (κ2) is 5.25. The molecule has 0 amide bonds. The lowest BCUT2D eigenvalue weighted by Crippen LogP contribution is -2.16. The molecule has 1 N–H and O–H groups in total. The zero-order valence-corrected chi connectivity index (χ0v) is 11.5. The Morgan fingerprint density at radius 1 is 1.05 bits per heavy atom. The van der Waals surface area contributed by atoms with Gasteiger partial charge < -0.3 is 10.0 Å². The van der Waals surface area contributed by atoms with Crippen molar-refractivity contribution in [3.05, 3.63) is 66.2 Å². The van der Waals surface area contributed by atoms with Crippen molar-refractivity contribution in [3.63, 3.8) is 0 Å². The van der Waals surface area contributed by atoms with E-state index in [0.29, 0.717) is 5.82 Å². The van der Waals surface area contributed by atoms with Crippen LogP contribution in [-0.2, 0) is 0 Å². The minimum absolute atomic E-state index is 0.194. The number of carbonyl (C=O) groups is 1. The Kier molecular flexibility index (Phi) is 3.28. The number of hydrogen-bond acceptors (Lipinski definition) is 3. The van der Waals surface area contributed by atoms with E-state index in [9.17, 15) is 9.90 Å². The molecule has 0 aliphatic heterocycles. The molecule has 104 valence electrons. The van der Waals surface area contributed by atoms with E-state index in [1.54, 1.807) is 11.0 Å². The number of hydrogen-bond donors (Lipinski definition) is 1. The van der Waals surface area contributed by atoms with Crippen LogP contribution in [-0.4, -0.2) is 23.1 Å². The van der Waals surface area contributed by atoms with Gasteiger partial charge in [0.15, 0.2) is 0 Å². The molecule has 0 saturated heterocycles. The highest BCUT2D eigenvalue weighted by atomic mass is 16.4. The summed E-state index contributed by atoms with van der Waals surface area (Å²) >= 11 is 0. The normalized spacial score (nSPS) is 10.5. The molecule has 4 heteroatoms. The SMILES string of the molecule is CN(c1ccccc1)c1nc2ccccc2cc1C(=O)O. The maximum absolute atomic E-state index is 11.5. The molecule has 0 atom stereocenters. The number of aromatic nitrogens is 1. The van der Waals surface area contributed by atoms with Crippen LogP contribution in [0, 0.1) is 0 Å². The minimum atomic E-state index is -0.981. The highest BCUT2D eigenvalue weighted by Gasteiger charge is 2.17. The van der Waals surface area contributed by atoms with E-state index in [-0.39, 0.29) is 5.56 Å². The first-order chi connectivity index (χ1) is 10.2. The molecule has 3 aromatic rings. The van der Waals surface area contributed by atoms with E-state index < -0.39 is 5.97 Å². The van der Waals surface area contributed by atoms with Crippen LogP contribution in [0.15, 0.2) is 60.7 Å². The number of benzene rings is 2. The Morgan fingerprint density at radius 2 is 1.71 bits per heavy atom. The minimum Gasteiger partial charge on any atom is -0.478 e. The number of aromatic carboxylic acids is 1. The number of para-hydroxylation sites is 2. The average Bonchev–Trinajstić information content (AvgIpc) is 2.53. The standard InChI is InChI=1S/C17H14N2O2/c1-19(13-8-3-2-4-9-13)16-14(17(20)21)11-12-7-5-6-10-15(12)18-16/h2-11H,1H3,(H,20,21). The van der Waals surface area contributed by atoms with E-state index in [1.165, 1.54) is 0 Å². The summed E-state index contributed by atoms with van der Waals surface area (Å²) in [6.07, 6.45) is 0. The van der Waals surface area contributed by atoms with Crippen molar-refractivity contribution in [2.75, 3.05) is 11.9 Å². The summed E-state index contributed by atoms with van der Waals surface area (Å²) in [5, 5.41) is 10.3. The van der Waals surface area contributed by atoms with Gasteiger partial charge in [0.2, 0.25) is 0 Å². The van der Waals surface area contributed by atoms with Gasteiger partial charge in [-0.2, -0.15) is 0 Å². The molecule has 0 spiro atoms. The van der Waals surface area contributed by atoms with Crippen LogP contribution >= 0.6 is 0 Å². The zero-order chi connectivity index (χ0) is 14.8. The van der Waals surface area contributed by atoms with Gasteiger partial charge >= 0.3 is 5.97 Å². The van der Waals surface area contributed by atoms with Crippen LogP contribution in [0.5, 0.6) is 0 Å². The number of nitrogens with zero attached hydrogens (tertiary/aromatic N) is 2. The van der Waals surface area contributed by atoms with Crippen LogP contribution in [0.1, 0.15) is 10.4 Å². The molecular formula is C17H14N2O2. The molecule has 0 saturated carbocycles. The largest absolute Gasteiger partial charge is 0.478 e. The molecule has 4 nitrogen and oxygen atoms in total. The molecule has 2 aromatic carbocycles. The summed E-state index contributed by atoms with van der Waals surface area (Å²) in [5.74, 6) is -0.543. The molecule has 0 aliphatic carbocycles. The fourth-order valence-corrected chi connectivity index (χ4v) is 2.29. The molecule has 21 heavy (non-hydrogen) atoms. The van der Waals surface area contributed by atoms with Gasteiger partial charge in [-0.05, 0) is 24.3 Å². The number of anilines is 2. The van der Waals surface area contributed by atoms with Gasteiger partial charge in [0.25, 0.3) is 0 Å². The van der Waals surface area contributed by atoms with Crippen molar-refractivity contribution < 1.29 is 9.90 Å². The second-order valence-electron chi connectivity index (χ2n) is 4.75. The van der Waals surface area contributed by atoms with Crippen molar-refractivity contribution >= 4 is 28.4 Å². The lowest BCUT2D eigenvalue weighted by molar-refractivity contribution is 0.0697. The van der Waals surface area contributed by atoms with Gasteiger partial charge in [0.1, 0.15) is 11.4 Å². The predicted octanol–water partition coefficient (Wildman–Crippen LogP) is 3.70. The Hall–Kier alpha value is -2.88. The number of rotatable bonds is 3. The first-order valence-electron chi connectivity index (χ1n) is 6.58. The van der Waals surface area contributed by atoms with Crippen LogP contribution < -0.4 is 4.90 Å². The van der Waals surface area contributed by atoms with Crippen molar-refractivity contribution in [2.24, 2.45) is 0 Å². The molecular weight excluding hydrogens is 264 g/mol. The monoisotopic (exact) mass is 278 g/mol. The molecule has 0 radical (unpaired) electrons. The topological polar surface area (TPSA) is 53.4 Å². The third-order valence-corrected chi connectivity index (χ3v) is 3.40. The predicted molar refractivity (Wildman–Crippen MR) is 83.2 cm³/mol.